The Labute approximate surface area is 114 Å². The van der Waals surface area contributed by atoms with Gasteiger partial charge in [-0.3, -0.25) is 5.01 Å². The maximum atomic E-state index is 4.66. The molecule has 18 heavy (non-hydrogen) atoms. The lowest BCUT2D eigenvalue weighted by molar-refractivity contribution is 0.161. The van der Waals surface area contributed by atoms with E-state index in [4.69, 9.17) is 0 Å². The third-order valence-electron chi connectivity index (χ3n) is 4.49. The van der Waals surface area contributed by atoms with E-state index in [-0.39, 0.29) is 0 Å². The van der Waals surface area contributed by atoms with Crippen molar-refractivity contribution < 1.29 is 0 Å². The van der Waals surface area contributed by atoms with Gasteiger partial charge in [-0.15, -0.1) is 0 Å². The van der Waals surface area contributed by atoms with Crippen molar-refractivity contribution in [1.29, 1.82) is 0 Å². The number of nitrogens with zero attached hydrogens (tertiary/aromatic N) is 4. The molecule has 4 nitrogen and oxygen atoms in total. The molecule has 0 bridgehead atoms. The van der Waals surface area contributed by atoms with E-state index in [2.05, 4.69) is 34.0 Å². The largest absolute Gasteiger partial charge is 0.347 e. The second-order valence-corrected chi connectivity index (χ2v) is 6.77. The van der Waals surface area contributed by atoms with Gasteiger partial charge in [-0.25, -0.2) is 0 Å². The molecule has 0 aromatic carbocycles. The first-order chi connectivity index (χ1) is 8.74. The lowest BCUT2D eigenvalue weighted by Crippen LogP contribution is -2.43. The maximum Gasteiger partial charge on any atom is 0.185 e. The molecule has 0 spiro atoms. The molecule has 3 rings (SSSR count). The van der Waals surface area contributed by atoms with Gasteiger partial charge in [-0.1, -0.05) is 11.8 Å². The Morgan fingerprint density at radius 3 is 2.56 bits per heavy atom. The summed E-state index contributed by atoms with van der Waals surface area (Å²) in [6.07, 6.45) is 5.45. The highest BCUT2D eigenvalue weighted by Gasteiger charge is 2.36. The van der Waals surface area contributed by atoms with Gasteiger partial charge in [0.25, 0.3) is 0 Å². The summed E-state index contributed by atoms with van der Waals surface area (Å²) in [5, 5.41) is 8.00. The van der Waals surface area contributed by atoms with Crippen LogP contribution in [0.3, 0.4) is 0 Å². The molecular weight excluding hydrogens is 244 g/mol. The summed E-state index contributed by atoms with van der Waals surface area (Å²) in [7, 11) is 4.31. The van der Waals surface area contributed by atoms with Crippen molar-refractivity contribution in [2.75, 3.05) is 39.6 Å². The first-order valence-electron chi connectivity index (χ1n) is 7.12. The highest BCUT2D eigenvalue weighted by atomic mass is 32.2. The Kier molecular flexibility index (Phi) is 3.71. The summed E-state index contributed by atoms with van der Waals surface area (Å²) in [6, 6.07) is 0.761. The predicted molar refractivity (Wildman–Crippen MR) is 77.6 cm³/mol. The number of hydrogen-bond donors (Lipinski definition) is 0. The molecule has 0 aromatic rings. The number of piperidine rings is 1. The Morgan fingerprint density at radius 2 is 1.89 bits per heavy atom. The van der Waals surface area contributed by atoms with E-state index in [0.717, 1.165) is 17.8 Å². The zero-order chi connectivity index (χ0) is 12.5. The normalized spacial score (nSPS) is 31.2. The van der Waals surface area contributed by atoms with Gasteiger partial charge >= 0.3 is 0 Å². The Balaban J connectivity index is 1.66. The van der Waals surface area contributed by atoms with E-state index in [1.807, 2.05) is 11.8 Å². The van der Waals surface area contributed by atoms with Crippen LogP contribution >= 0.6 is 11.8 Å². The van der Waals surface area contributed by atoms with Gasteiger partial charge in [0.2, 0.25) is 0 Å². The zero-order valence-electron chi connectivity index (χ0n) is 11.5. The predicted octanol–water partition coefficient (Wildman–Crippen LogP) is 1.70. The van der Waals surface area contributed by atoms with E-state index < -0.39 is 0 Å². The molecule has 0 radical (unpaired) electrons. The quantitative estimate of drug-likeness (QED) is 0.722. The SMILES string of the molecule is CN1CCC([C@@H]2CCCN2C2=NN(C)CS2)CC1. The van der Waals surface area contributed by atoms with Crippen LogP contribution in [0.25, 0.3) is 0 Å². The topological polar surface area (TPSA) is 22.1 Å². The molecule has 1 atom stereocenters. The molecule has 0 N–H and O–H groups in total. The monoisotopic (exact) mass is 268 g/mol. The van der Waals surface area contributed by atoms with E-state index in [9.17, 15) is 0 Å². The Hall–Kier alpha value is -0.420. The molecule has 102 valence electrons. The van der Waals surface area contributed by atoms with Crippen LogP contribution in [0.2, 0.25) is 0 Å². The summed E-state index contributed by atoms with van der Waals surface area (Å²) in [5.41, 5.74) is 0. The second-order valence-electron chi connectivity index (χ2n) is 5.86. The van der Waals surface area contributed by atoms with Crippen LogP contribution in [0, 0.1) is 5.92 Å². The molecule has 0 aliphatic carbocycles. The number of hydrazone groups is 1. The van der Waals surface area contributed by atoms with Crippen molar-refractivity contribution in [2.24, 2.45) is 11.0 Å². The lowest BCUT2D eigenvalue weighted by atomic mass is 9.88. The average Bonchev–Trinajstić information content (AvgIpc) is 2.98. The number of thioether (sulfide) groups is 1. The Morgan fingerprint density at radius 1 is 1.11 bits per heavy atom. The van der Waals surface area contributed by atoms with E-state index in [1.54, 1.807) is 0 Å². The molecular formula is C13H24N4S. The summed E-state index contributed by atoms with van der Waals surface area (Å²) in [4.78, 5) is 5.07. The van der Waals surface area contributed by atoms with Gasteiger partial charge < -0.3 is 9.80 Å². The number of likely N-dealkylation sites (tertiary alicyclic amines) is 2. The Bertz CT molecular complexity index is 325. The number of rotatable bonds is 1. The van der Waals surface area contributed by atoms with Gasteiger partial charge in [-0.05, 0) is 51.7 Å². The fourth-order valence-electron chi connectivity index (χ4n) is 3.43. The van der Waals surface area contributed by atoms with Crippen LogP contribution in [0.4, 0.5) is 0 Å². The van der Waals surface area contributed by atoms with Crippen molar-refractivity contribution in [1.82, 2.24) is 14.8 Å². The minimum Gasteiger partial charge on any atom is -0.347 e. The van der Waals surface area contributed by atoms with Crippen LogP contribution in [-0.4, -0.2) is 65.6 Å². The number of hydrogen-bond acceptors (Lipinski definition) is 5. The fraction of sp³-hybridized carbons (Fsp3) is 0.923. The minimum atomic E-state index is 0.761. The summed E-state index contributed by atoms with van der Waals surface area (Å²) in [5.74, 6) is 1.91. The summed E-state index contributed by atoms with van der Waals surface area (Å²) >= 11 is 1.91. The zero-order valence-corrected chi connectivity index (χ0v) is 12.3. The minimum absolute atomic E-state index is 0.761. The van der Waals surface area contributed by atoms with Crippen LogP contribution in [0.1, 0.15) is 25.7 Å². The summed E-state index contributed by atoms with van der Waals surface area (Å²) in [6.45, 7) is 3.76. The molecule has 0 saturated carbocycles. The van der Waals surface area contributed by atoms with Crippen molar-refractivity contribution >= 4 is 16.9 Å². The molecule has 0 aromatic heterocycles. The fourth-order valence-corrected chi connectivity index (χ4v) is 4.38. The van der Waals surface area contributed by atoms with Gasteiger partial charge in [0.05, 0.1) is 5.88 Å². The molecule has 3 aliphatic heterocycles. The highest BCUT2D eigenvalue weighted by molar-refractivity contribution is 8.13. The van der Waals surface area contributed by atoms with Crippen LogP contribution in [0.15, 0.2) is 5.10 Å². The smallest absolute Gasteiger partial charge is 0.185 e. The van der Waals surface area contributed by atoms with Crippen LogP contribution in [-0.2, 0) is 0 Å². The second kappa shape index (κ2) is 5.29. The molecule has 3 heterocycles. The molecule has 3 aliphatic rings. The molecule has 2 fully saturated rings. The van der Waals surface area contributed by atoms with Crippen LogP contribution in [0.5, 0.6) is 0 Å². The van der Waals surface area contributed by atoms with Gasteiger partial charge in [0, 0.05) is 19.6 Å². The van der Waals surface area contributed by atoms with Gasteiger partial charge in [-0.2, -0.15) is 5.10 Å². The molecule has 2 saturated heterocycles. The van der Waals surface area contributed by atoms with Crippen molar-refractivity contribution in [3.63, 3.8) is 0 Å². The van der Waals surface area contributed by atoms with Gasteiger partial charge in [0.15, 0.2) is 5.17 Å². The van der Waals surface area contributed by atoms with Crippen molar-refractivity contribution in [3.05, 3.63) is 0 Å². The first-order valence-corrected chi connectivity index (χ1v) is 8.10. The third-order valence-corrected chi connectivity index (χ3v) is 5.57. The van der Waals surface area contributed by atoms with E-state index >= 15 is 0 Å². The molecule has 5 heteroatoms. The average molecular weight is 268 g/mol. The molecule has 0 unspecified atom stereocenters. The molecule has 0 amide bonds. The van der Waals surface area contributed by atoms with E-state index in [0.29, 0.717) is 0 Å². The van der Waals surface area contributed by atoms with E-state index in [1.165, 1.54) is 50.5 Å². The van der Waals surface area contributed by atoms with Gasteiger partial charge in [0.1, 0.15) is 0 Å². The number of amidine groups is 1. The van der Waals surface area contributed by atoms with Crippen LogP contribution < -0.4 is 0 Å². The van der Waals surface area contributed by atoms with Crippen molar-refractivity contribution in [3.8, 4) is 0 Å². The summed E-state index contributed by atoms with van der Waals surface area (Å²) < 4.78 is 0. The first kappa shape index (κ1) is 12.6. The van der Waals surface area contributed by atoms with Crippen molar-refractivity contribution in [2.45, 2.75) is 31.7 Å². The standard InChI is InChI=1S/C13H24N4S/c1-15-8-5-11(6-9-15)12-4-3-7-17(12)13-14-16(2)10-18-13/h11-12H,3-10H2,1-2H3/t12-/m0/s1. The third kappa shape index (κ3) is 2.48. The highest BCUT2D eigenvalue weighted by Crippen LogP contribution is 2.34. The maximum absolute atomic E-state index is 4.66. The lowest BCUT2D eigenvalue weighted by Gasteiger charge is -2.37.